The van der Waals surface area contributed by atoms with Gasteiger partial charge in [0.25, 0.3) is 0 Å². The van der Waals surface area contributed by atoms with E-state index in [4.69, 9.17) is 38.9 Å². The molecule has 1 aromatic carbocycles. The molecule has 0 bridgehead atoms. The lowest BCUT2D eigenvalue weighted by atomic mass is 9.73. The maximum absolute atomic E-state index is 6.59. The molecule has 4 nitrogen and oxygen atoms in total. The number of hydrogen-bond acceptors (Lipinski definition) is 4. The summed E-state index contributed by atoms with van der Waals surface area (Å²) in [5.41, 5.74) is 10.5. The first-order valence-corrected chi connectivity index (χ1v) is 11.4. The van der Waals surface area contributed by atoms with Crippen LogP contribution in [-0.2, 0) is 6.42 Å². The molecule has 1 saturated heterocycles. The molecule has 1 aliphatic heterocycles. The molecule has 2 aromatic rings. The number of benzene rings is 1. The van der Waals surface area contributed by atoms with Gasteiger partial charge in [-0.1, -0.05) is 49.2 Å². The number of nitrogens with zero attached hydrogens (tertiary/aromatic N) is 3. The highest BCUT2D eigenvalue weighted by molar-refractivity contribution is 6.43. The van der Waals surface area contributed by atoms with E-state index >= 15 is 0 Å². The molecule has 156 valence electrons. The number of nitrogens with two attached hydrogens (primary N) is 1. The summed E-state index contributed by atoms with van der Waals surface area (Å²) in [6, 6.07) is 5.98. The largest absolute Gasteiger partial charge is 0.355 e. The Morgan fingerprint density at radius 3 is 2.52 bits per heavy atom. The van der Waals surface area contributed by atoms with E-state index in [1.54, 1.807) is 6.07 Å². The quantitative estimate of drug-likeness (QED) is 0.678. The van der Waals surface area contributed by atoms with Gasteiger partial charge < -0.3 is 10.6 Å². The Morgan fingerprint density at radius 1 is 1.17 bits per heavy atom. The summed E-state index contributed by atoms with van der Waals surface area (Å²) in [5, 5.41) is 1.07. The minimum atomic E-state index is 0.318. The Hall–Kier alpha value is -1.36. The van der Waals surface area contributed by atoms with E-state index in [0.29, 0.717) is 27.4 Å². The molecule has 2 aliphatic rings. The van der Waals surface area contributed by atoms with Crippen molar-refractivity contribution >= 4 is 29.0 Å². The zero-order chi connectivity index (χ0) is 20.8. The van der Waals surface area contributed by atoms with Crippen LogP contribution in [0.15, 0.2) is 18.2 Å². The second-order valence-corrected chi connectivity index (χ2v) is 9.56. The van der Waals surface area contributed by atoms with Gasteiger partial charge in [0.2, 0.25) is 0 Å². The molecule has 2 heterocycles. The van der Waals surface area contributed by atoms with E-state index in [9.17, 15) is 0 Å². The lowest BCUT2D eigenvalue weighted by Gasteiger charge is -2.43. The van der Waals surface area contributed by atoms with Crippen LogP contribution in [0.5, 0.6) is 0 Å². The number of piperidine rings is 1. The summed E-state index contributed by atoms with van der Waals surface area (Å²) in [6.45, 7) is 8.43. The highest BCUT2D eigenvalue weighted by Gasteiger charge is 2.46. The number of hydrogen-bond donors (Lipinski definition) is 1. The van der Waals surface area contributed by atoms with Crippen molar-refractivity contribution in [3.05, 3.63) is 39.6 Å². The van der Waals surface area contributed by atoms with Crippen molar-refractivity contribution in [2.45, 2.75) is 58.9 Å². The second kappa shape index (κ2) is 8.05. The zero-order valence-corrected chi connectivity index (χ0v) is 19.0. The number of anilines is 1. The molecule has 2 atom stereocenters. The van der Waals surface area contributed by atoms with Crippen LogP contribution >= 0.6 is 23.2 Å². The van der Waals surface area contributed by atoms with E-state index in [2.05, 4.69) is 18.7 Å². The predicted octanol–water partition coefficient (Wildman–Crippen LogP) is 5.67. The molecule has 1 saturated carbocycles. The third-order valence-corrected chi connectivity index (χ3v) is 7.96. The molecule has 1 aromatic heterocycles. The van der Waals surface area contributed by atoms with Gasteiger partial charge in [-0.15, -0.1) is 0 Å². The van der Waals surface area contributed by atoms with E-state index in [1.165, 1.54) is 12.8 Å². The highest BCUT2D eigenvalue weighted by Crippen LogP contribution is 2.48. The van der Waals surface area contributed by atoms with Crippen LogP contribution in [0.1, 0.15) is 50.9 Å². The molecular formula is C23H30Cl2N4. The molecule has 29 heavy (non-hydrogen) atoms. The Kier molecular flexibility index (Phi) is 5.80. The molecule has 2 N–H and O–H groups in total. The molecule has 2 unspecified atom stereocenters. The highest BCUT2D eigenvalue weighted by atomic mass is 35.5. The molecule has 0 radical (unpaired) electrons. The minimum Gasteiger partial charge on any atom is -0.355 e. The maximum Gasteiger partial charge on any atom is 0.150 e. The van der Waals surface area contributed by atoms with E-state index in [0.717, 1.165) is 60.8 Å². The van der Waals surface area contributed by atoms with E-state index in [-0.39, 0.29) is 0 Å². The average Bonchev–Trinajstić information content (AvgIpc) is 2.99. The molecule has 4 rings (SSSR count). The van der Waals surface area contributed by atoms with Crippen LogP contribution in [0.3, 0.4) is 0 Å². The van der Waals surface area contributed by atoms with Crippen LogP contribution < -0.4 is 10.6 Å². The lowest BCUT2D eigenvalue weighted by Crippen LogP contribution is -2.48. The van der Waals surface area contributed by atoms with E-state index < -0.39 is 0 Å². The van der Waals surface area contributed by atoms with Crippen LogP contribution in [0.2, 0.25) is 10.0 Å². The van der Waals surface area contributed by atoms with Gasteiger partial charge in [-0.25, -0.2) is 9.97 Å². The van der Waals surface area contributed by atoms with E-state index in [1.807, 2.05) is 19.1 Å². The van der Waals surface area contributed by atoms with Crippen molar-refractivity contribution in [1.82, 2.24) is 9.97 Å². The standard InChI is InChI=1S/C23H30Cl2N4/c1-4-18-22(29-12-10-23(11-13-29)9-8-14(2)21(23)26)27-15(3)20(28-18)16-6-5-7-17(24)19(16)25/h5-7,14,21H,4,8-13,26H2,1-3H3. The lowest BCUT2D eigenvalue weighted by molar-refractivity contribution is 0.185. The van der Waals surface area contributed by atoms with Crippen molar-refractivity contribution in [2.75, 3.05) is 18.0 Å². The number of aromatic nitrogens is 2. The van der Waals surface area contributed by atoms with Crippen molar-refractivity contribution < 1.29 is 0 Å². The maximum atomic E-state index is 6.59. The zero-order valence-electron chi connectivity index (χ0n) is 17.5. The smallest absolute Gasteiger partial charge is 0.150 e. The number of rotatable bonds is 3. The van der Waals surface area contributed by atoms with Crippen molar-refractivity contribution in [3.8, 4) is 11.3 Å². The van der Waals surface area contributed by atoms with Gasteiger partial charge in [-0.05, 0) is 56.4 Å². The Bertz CT molecular complexity index is 906. The summed E-state index contributed by atoms with van der Waals surface area (Å²) in [5.74, 6) is 1.65. The van der Waals surface area contributed by atoms with Crippen molar-refractivity contribution in [3.63, 3.8) is 0 Å². The Labute approximate surface area is 183 Å². The fourth-order valence-corrected chi connectivity index (χ4v) is 5.58. The fourth-order valence-electron chi connectivity index (χ4n) is 5.19. The van der Waals surface area contributed by atoms with Gasteiger partial charge in [0.05, 0.1) is 27.1 Å². The molecule has 1 aliphatic carbocycles. The van der Waals surface area contributed by atoms with Crippen LogP contribution in [0, 0.1) is 18.3 Å². The molecule has 1 spiro atoms. The first-order valence-electron chi connectivity index (χ1n) is 10.7. The Morgan fingerprint density at radius 2 is 1.90 bits per heavy atom. The van der Waals surface area contributed by atoms with Crippen LogP contribution in [0.4, 0.5) is 5.82 Å². The SMILES string of the molecule is CCc1nc(-c2cccc(Cl)c2Cl)c(C)nc1N1CCC2(CCC(C)C2N)CC1. The van der Waals surface area contributed by atoms with Gasteiger partial charge in [0.1, 0.15) is 0 Å². The van der Waals surface area contributed by atoms with Gasteiger partial charge >= 0.3 is 0 Å². The van der Waals surface area contributed by atoms with Gasteiger partial charge in [0, 0.05) is 24.7 Å². The van der Waals surface area contributed by atoms with Gasteiger partial charge in [0.15, 0.2) is 5.82 Å². The minimum absolute atomic E-state index is 0.318. The summed E-state index contributed by atoms with van der Waals surface area (Å²) in [6.07, 6.45) is 5.64. The monoisotopic (exact) mass is 432 g/mol. The second-order valence-electron chi connectivity index (χ2n) is 8.77. The first-order chi connectivity index (χ1) is 13.9. The predicted molar refractivity (Wildman–Crippen MR) is 122 cm³/mol. The average molecular weight is 433 g/mol. The van der Waals surface area contributed by atoms with Crippen LogP contribution in [0.25, 0.3) is 11.3 Å². The normalized spacial score (nSPS) is 23.7. The van der Waals surface area contributed by atoms with Gasteiger partial charge in [-0.2, -0.15) is 0 Å². The Balaban J connectivity index is 1.63. The van der Waals surface area contributed by atoms with Crippen molar-refractivity contribution in [1.29, 1.82) is 0 Å². The molecular weight excluding hydrogens is 403 g/mol. The molecule has 0 amide bonds. The van der Waals surface area contributed by atoms with Crippen LogP contribution in [-0.4, -0.2) is 29.1 Å². The fraction of sp³-hybridized carbons (Fsp3) is 0.565. The third-order valence-electron chi connectivity index (χ3n) is 7.14. The topological polar surface area (TPSA) is 55.0 Å². The van der Waals surface area contributed by atoms with Gasteiger partial charge in [-0.3, -0.25) is 0 Å². The number of halogens is 2. The molecule has 2 fully saturated rings. The van der Waals surface area contributed by atoms with Crippen molar-refractivity contribution in [2.24, 2.45) is 17.1 Å². The first kappa shape index (κ1) is 20.9. The summed E-state index contributed by atoms with van der Waals surface area (Å²) in [4.78, 5) is 12.4. The molecule has 6 heteroatoms. The number of aryl methyl sites for hydroxylation is 2. The summed E-state index contributed by atoms with van der Waals surface area (Å²) < 4.78 is 0. The summed E-state index contributed by atoms with van der Waals surface area (Å²) in [7, 11) is 0. The summed E-state index contributed by atoms with van der Waals surface area (Å²) >= 11 is 12.7. The third kappa shape index (κ3) is 3.64.